The van der Waals surface area contributed by atoms with E-state index in [1.54, 1.807) is 0 Å². The van der Waals surface area contributed by atoms with Gasteiger partial charge in [0.15, 0.2) is 0 Å². The van der Waals surface area contributed by atoms with Crippen LogP contribution in [0.2, 0.25) is 0 Å². The summed E-state index contributed by atoms with van der Waals surface area (Å²) in [6, 6.07) is 8.56. The number of nitrogens with two attached hydrogens (primary N) is 1. The molecule has 1 amide bonds. The van der Waals surface area contributed by atoms with Crippen LogP contribution in [0.25, 0.3) is 11.1 Å². The second kappa shape index (κ2) is 6.05. The van der Waals surface area contributed by atoms with Crippen LogP contribution >= 0.6 is 0 Å². The Bertz CT molecular complexity index is 681. The van der Waals surface area contributed by atoms with Crippen molar-refractivity contribution in [3.8, 4) is 16.9 Å². The van der Waals surface area contributed by atoms with Gasteiger partial charge in [0.05, 0.1) is 6.42 Å². The summed E-state index contributed by atoms with van der Waals surface area (Å²) < 4.78 is 54.8. The highest BCUT2D eigenvalue weighted by molar-refractivity contribution is 5.76. The van der Waals surface area contributed by atoms with Crippen LogP contribution in [0.15, 0.2) is 42.5 Å². The van der Waals surface area contributed by atoms with Gasteiger partial charge in [0.2, 0.25) is 0 Å². The molecular formula is C15H10F4NO2. The number of carbonyl (C=O) groups excluding carboxylic acids is 1. The Balaban J connectivity index is 2.35. The third-order valence-corrected chi connectivity index (χ3v) is 2.70. The molecule has 0 unspecified atom stereocenters. The van der Waals surface area contributed by atoms with Gasteiger partial charge in [-0.1, -0.05) is 24.3 Å². The van der Waals surface area contributed by atoms with Crippen molar-refractivity contribution in [2.24, 2.45) is 5.73 Å². The lowest BCUT2D eigenvalue weighted by molar-refractivity contribution is -0.0927. The number of rotatable bonds is 3. The van der Waals surface area contributed by atoms with Crippen molar-refractivity contribution >= 4 is 6.09 Å². The van der Waals surface area contributed by atoms with Crippen molar-refractivity contribution in [2.75, 3.05) is 0 Å². The fourth-order valence-corrected chi connectivity index (χ4v) is 1.87. The summed E-state index contributed by atoms with van der Waals surface area (Å²) in [6.45, 7) is 0. The molecule has 2 N–H and O–H groups in total. The number of ether oxygens (including phenoxy) is 1. The highest BCUT2D eigenvalue weighted by atomic mass is 19.4. The fourth-order valence-electron chi connectivity index (χ4n) is 1.87. The van der Waals surface area contributed by atoms with Crippen LogP contribution in [-0.2, 0) is 0 Å². The van der Waals surface area contributed by atoms with Gasteiger partial charge in [0.25, 0.3) is 0 Å². The van der Waals surface area contributed by atoms with E-state index in [-0.39, 0.29) is 23.3 Å². The lowest BCUT2D eigenvalue weighted by atomic mass is 10.0. The van der Waals surface area contributed by atoms with Gasteiger partial charge >= 0.3 is 12.3 Å². The quantitative estimate of drug-likeness (QED) is 0.869. The number of benzene rings is 2. The van der Waals surface area contributed by atoms with Crippen LogP contribution in [0.1, 0.15) is 5.56 Å². The lowest BCUT2D eigenvalue weighted by Crippen LogP contribution is -2.16. The first-order valence-electron chi connectivity index (χ1n) is 6.04. The molecule has 7 heteroatoms. The second-order valence-corrected chi connectivity index (χ2v) is 4.37. The minimum Gasteiger partial charge on any atom is -0.410 e. The van der Waals surface area contributed by atoms with E-state index < -0.39 is 18.1 Å². The molecule has 0 fully saturated rings. The Kier molecular flexibility index (Phi) is 4.35. The maximum absolute atomic E-state index is 13.3. The van der Waals surface area contributed by atoms with Gasteiger partial charge < -0.3 is 10.5 Å². The van der Waals surface area contributed by atoms with Gasteiger partial charge in [-0.2, -0.15) is 13.2 Å². The monoisotopic (exact) mass is 312 g/mol. The molecule has 0 heterocycles. The molecule has 0 aromatic heterocycles. The van der Waals surface area contributed by atoms with Gasteiger partial charge in [-0.25, -0.2) is 9.18 Å². The zero-order valence-corrected chi connectivity index (χ0v) is 11.0. The molecule has 115 valence electrons. The number of amides is 1. The van der Waals surface area contributed by atoms with Crippen LogP contribution in [0.3, 0.4) is 0 Å². The van der Waals surface area contributed by atoms with E-state index in [0.29, 0.717) is 5.56 Å². The average molecular weight is 312 g/mol. The molecule has 0 aliphatic rings. The van der Waals surface area contributed by atoms with Gasteiger partial charge in [-0.05, 0) is 29.3 Å². The standard InChI is InChI=1S/C15H10F4NO2/c16-11-5-6-13(22-14(20)21)12(7-11)10-3-1-9(2-4-10)8-15(17,18)19/h1-8H,(H2,20,21). The highest BCUT2D eigenvalue weighted by Gasteiger charge is 2.28. The molecule has 22 heavy (non-hydrogen) atoms. The molecule has 2 aromatic carbocycles. The molecule has 0 bridgehead atoms. The van der Waals surface area contributed by atoms with Crippen LogP contribution < -0.4 is 10.5 Å². The van der Waals surface area contributed by atoms with E-state index in [4.69, 9.17) is 10.5 Å². The van der Waals surface area contributed by atoms with Crippen molar-refractivity contribution in [1.82, 2.24) is 0 Å². The molecule has 3 nitrogen and oxygen atoms in total. The van der Waals surface area contributed by atoms with E-state index in [9.17, 15) is 22.4 Å². The Hall–Kier alpha value is -2.57. The van der Waals surface area contributed by atoms with Crippen LogP contribution in [0.4, 0.5) is 22.4 Å². The van der Waals surface area contributed by atoms with Gasteiger partial charge in [0.1, 0.15) is 11.6 Å². The largest absolute Gasteiger partial charge is 0.410 e. The normalized spacial score (nSPS) is 11.3. The minimum absolute atomic E-state index is 0.0152. The number of hydrogen-bond acceptors (Lipinski definition) is 2. The maximum atomic E-state index is 13.3. The molecule has 0 atom stereocenters. The number of halogens is 4. The second-order valence-electron chi connectivity index (χ2n) is 4.37. The SMILES string of the molecule is NC(=O)Oc1ccc(F)cc1-c1ccc([CH]C(F)(F)F)cc1. The van der Waals surface area contributed by atoms with E-state index in [1.807, 2.05) is 0 Å². The van der Waals surface area contributed by atoms with E-state index >= 15 is 0 Å². The number of hydrogen-bond donors (Lipinski definition) is 1. The van der Waals surface area contributed by atoms with Crippen LogP contribution in [-0.4, -0.2) is 12.3 Å². The van der Waals surface area contributed by atoms with Crippen molar-refractivity contribution in [1.29, 1.82) is 0 Å². The van der Waals surface area contributed by atoms with Crippen molar-refractivity contribution in [3.63, 3.8) is 0 Å². The van der Waals surface area contributed by atoms with Crippen LogP contribution in [0, 0.1) is 12.2 Å². The van der Waals surface area contributed by atoms with Crippen molar-refractivity contribution < 1.29 is 27.1 Å². The summed E-state index contributed by atoms with van der Waals surface area (Å²) in [5, 5.41) is 0. The zero-order valence-electron chi connectivity index (χ0n) is 11.0. The number of primary amides is 1. The van der Waals surface area contributed by atoms with Crippen molar-refractivity contribution in [3.05, 3.63) is 60.3 Å². The maximum Gasteiger partial charge on any atom is 0.409 e. The molecule has 2 aromatic rings. The molecule has 0 aliphatic carbocycles. The molecule has 0 spiro atoms. The zero-order chi connectivity index (χ0) is 16.3. The lowest BCUT2D eigenvalue weighted by Gasteiger charge is -2.10. The van der Waals surface area contributed by atoms with Crippen LogP contribution in [0.5, 0.6) is 5.75 Å². The Morgan fingerprint density at radius 1 is 1.09 bits per heavy atom. The van der Waals surface area contributed by atoms with E-state index in [1.165, 1.54) is 30.3 Å². The number of alkyl halides is 3. The van der Waals surface area contributed by atoms with E-state index in [0.717, 1.165) is 12.1 Å². The van der Waals surface area contributed by atoms with Gasteiger partial charge in [-0.3, -0.25) is 0 Å². The predicted molar refractivity (Wildman–Crippen MR) is 71.5 cm³/mol. The summed E-state index contributed by atoms with van der Waals surface area (Å²) in [5.74, 6) is -0.570. The number of carbonyl (C=O) groups is 1. The Morgan fingerprint density at radius 2 is 1.73 bits per heavy atom. The fraction of sp³-hybridized carbons (Fsp3) is 0.0667. The molecule has 1 radical (unpaired) electrons. The minimum atomic E-state index is -4.43. The van der Waals surface area contributed by atoms with Gasteiger partial charge in [-0.15, -0.1) is 0 Å². The third kappa shape index (κ3) is 4.21. The summed E-state index contributed by atoms with van der Waals surface area (Å²) in [4.78, 5) is 10.8. The Labute approximate surface area is 123 Å². The summed E-state index contributed by atoms with van der Waals surface area (Å²) in [5.41, 5.74) is 5.46. The highest BCUT2D eigenvalue weighted by Crippen LogP contribution is 2.32. The first-order valence-corrected chi connectivity index (χ1v) is 6.04. The molecule has 2 rings (SSSR count). The topological polar surface area (TPSA) is 52.3 Å². The summed E-state index contributed by atoms with van der Waals surface area (Å²) in [6.07, 6.45) is -5.36. The van der Waals surface area contributed by atoms with Gasteiger partial charge in [0, 0.05) is 5.56 Å². The van der Waals surface area contributed by atoms with E-state index in [2.05, 4.69) is 0 Å². The first-order chi connectivity index (χ1) is 10.2. The molecule has 0 saturated carbocycles. The molecule has 0 saturated heterocycles. The first kappa shape index (κ1) is 15.8. The molecule has 0 aliphatic heterocycles. The molecular weight excluding hydrogens is 302 g/mol. The smallest absolute Gasteiger partial charge is 0.409 e. The average Bonchev–Trinajstić information content (AvgIpc) is 2.39. The van der Waals surface area contributed by atoms with Crippen molar-refractivity contribution in [2.45, 2.75) is 6.18 Å². The summed E-state index contributed by atoms with van der Waals surface area (Å²) in [7, 11) is 0. The Morgan fingerprint density at radius 3 is 2.27 bits per heavy atom. The predicted octanol–water partition coefficient (Wildman–Crippen LogP) is 4.06. The summed E-state index contributed by atoms with van der Waals surface area (Å²) >= 11 is 0. The third-order valence-electron chi connectivity index (χ3n) is 2.70.